The van der Waals surface area contributed by atoms with Crippen LogP contribution in [0.15, 0.2) is 78.1 Å². The smallest absolute Gasteiger partial charge is 0.166 e. The third-order valence-electron chi connectivity index (χ3n) is 3.89. The molecule has 22 heavy (non-hydrogen) atoms. The van der Waals surface area contributed by atoms with E-state index in [0.717, 1.165) is 23.1 Å². The van der Waals surface area contributed by atoms with Gasteiger partial charge in [-0.15, -0.1) is 0 Å². The Labute approximate surface area is 130 Å². The van der Waals surface area contributed by atoms with E-state index in [-0.39, 0.29) is 11.5 Å². The molecule has 0 amide bonds. The Morgan fingerprint density at radius 2 is 1.41 bits per heavy atom. The van der Waals surface area contributed by atoms with Crippen LogP contribution < -0.4 is 0 Å². The Morgan fingerprint density at radius 3 is 1.91 bits per heavy atom. The van der Waals surface area contributed by atoms with E-state index < -0.39 is 0 Å². The van der Waals surface area contributed by atoms with E-state index in [4.69, 9.17) is 0 Å². The molecule has 0 unspecified atom stereocenters. The zero-order valence-electron chi connectivity index (χ0n) is 12.3. The van der Waals surface area contributed by atoms with Crippen LogP contribution in [0.2, 0.25) is 0 Å². The molecule has 0 aliphatic heterocycles. The van der Waals surface area contributed by atoms with Crippen molar-refractivity contribution in [1.29, 1.82) is 0 Å². The van der Waals surface area contributed by atoms with E-state index in [2.05, 4.69) is 0 Å². The molecular formula is C20H18O2. The van der Waals surface area contributed by atoms with Crippen molar-refractivity contribution in [3.63, 3.8) is 0 Å². The quantitative estimate of drug-likeness (QED) is 0.891. The fraction of sp³-hybridized carbons (Fsp3) is 0.150. The number of hydrogen-bond donors (Lipinski definition) is 1. The summed E-state index contributed by atoms with van der Waals surface area (Å²) in [5.74, 6) is 0.230. The second-order valence-corrected chi connectivity index (χ2v) is 5.43. The van der Waals surface area contributed by atoms with Crippen LogP contribution in [0.3, 0.4) is 0 Å². The van der Waals surface area contributed by atoms with E-state index in [0.29, 0.717) is 18.4 Å². The maximum atomic E-state index is 12.1. The standard InChI is InChI=1S/C20H18O2/c21-19-12-7-13-20(22)18(19)14-17(15-8-3-1-4-9-15)16-10-5-2-6-11-16/h1-6,8-11,14,21H,7,12-13H2. The van der Waals surface area contributed by atoms with Crippen LogP contribution in [-0.4, -0.2) is 10.9 Å². The molecule has 0 radical (unpaired) electrons. The molecule has 110 valence electrons. The molecule has 0 bridgehead atoms. The van der Waals surface area contributed by atoms with Gasteiger partial charge in [0, 0.05) is 12.8 Å². The molecule has 0 saturated heterocycles. The van der Waals surface area contributed by atoms with Gasteiger partial charge in [0.05, 0.1) is 5.57 Å². The van der Waals surface area contributed by atoms with Crippen LogP contribution in [0.4, 0.5) is 0 Å². The van der Waals surface area contributed by atoms with E-state index in [1.807, 2.05) is 66.7 Å². The molecule has 0 heterocycles. The number of benzene rings is 2. The molecule has 2 aromatic carbocycles. The highest BCUT2D eigenvalue weighted by Crippen LogP contribution is 2.28. The first-order chi connectivity index (χ1) is 10.8. The number of aliphatic hydroxyl groups excluding tert-OH is 1. The lowest BCUT2D eigenvalue weighted by molar-refractivity contribution is -0.116. The van der Waals surface area contributed by atoms with Gasteiger partial charge >= 0.3 is 0 Å². The minimum Gasteiger partial charge on any atom is -0.512 e. The van der Waals surface area contributed by atoms with Crippen LogP contribution in [-0.2, 0) is 4.79 Å². The molecular weight excluding hydrogens is 272 g/mol. The predicted molar refractivity (Wildman–Crippen MR) is 88.5 cm³/mol. The van der Waals surface area contributed by atoms with Gasteiger partial charge < -0.3 is 5.11 Å². The number of rotatable bonds is 3. The molecule has 0 atom stereocenters. The highest BCUT2D eigenvalue weighted by molar-refractivity contribution is 6.02. The van der Waals surface area contributed by atoms with Crippen molar-refractivity contribution in [2.45, 2.75) is 19.3 Å². The van der Waals surface area contributed by atoms with Crippen molar-refractivity contribution in [2.24, 2.45) is 0 Å². The first-order valence-corrected chi connectivity index (χ1v) is 7.53. The van der Waals surface area contributed by atoms with E-state index >= 15 is 0 Å². The normalized spacial score (nSPS) is 14.8. The second-order valence-electron chi connectivity index (χ2n) is 5.43. The molecule has 0 fully saturated rings. The lowest BCUT2D eigenvalue weighted by atomic mass is 9.90. The molecule has 2 aromatic rings. The van der Waals surface area contributed by atoms with Gasteiger partial charge in [-0.2, -0.15) is 0 Å². The summed E-state index contributed by atoms with van der Waals surface area (Å²) in [5, 5.41) is 10.1. The van der Waals surface area contributed by atoms with Crippen molar-refractivity contribution in [2.75, 3.05) is 0 Å². The average Bonchev–Trinajstić information content (AvgIpc) is 2.56. The maximum absolute atomic E-state index is 12.1. The van der Waals surface area contributed by atoms with Crippen LogP contribution in [0, 0.1) is 0 Å². The van der Waals surface area contributed by atoms with Gasteiger partial charge in [0.15, 0.2) is 5.78 Å². The van der Waals surface area contributed by atoms with Crippen LogP contribution in [0.5, 0.6) is 0 Å². The third-order valence-corrected chi connectivity index (χ3v) is 3.89. The molecule has 0 spiro atoms. The Kier molecular flexibility index (Phi) is 4.19. The molecule has 2 nitrogen and oxygen atoms in total. The highest BCUT2D eigenvalue weighted by atomic mass is 16.3. The first kappa shape index (κ1) is 14.3. The van der Waals surface area contributed by atoms with Crippen LogP contribution in [0.25, 0.3) is 5.57 Å². The molecule has 0 saturated carbocycles. The Morgan fingerprint density at radius 1 is 0.864 bits per heavy atom. The average molecular weight is 290 g/mol. The van der Waals surface area contributed by atoms with Gasteiger partial charge in [0.25, 0.3) is 0 Å². The molecule has 3 rings (SSSR count). The molecule has 1 aliphatic rings. The van der Waals surface area contributed by atoms with Crippen LogP contribution >= 0.6 is 0 Å². The van der Waals surface area contributed by atoms with E-state index in [1.54, 1.807) is 0 Å². The summed E-state index contributed by atoms with van der Waals surface area (Å²) >= 11 is 0. The summed E-state index contributed by atoms with van der Waals surface area (Å²) in [6.07, 6.45) is 3.65. The maximum Gasteiger partial charge on any atom is 0.166 e. The summed E-state index contributed by atoms with van der Waals surface area (Å²) in [6, 6.07) is 19.9. The lowest BCUT2D eigenvalue weighted by Crippen LogP contribution is -2.10. The number of aliphatic hydroxyl groups is 1. The zero-order chi connectivity index (χ0) is 15.4. The Hall–Kier alpha value is -2.61. The fourth-order valence-corrected chi connectivity index (χ4v) is 2.72. The summed E-state index contributed by atoms with van der Waals surface area (Å²) in [5.41, 5.74) is 3.48. The minimum absolute atomic E-state index is 0.0214. The van der Waals surface area contributed by atoms with E-state index in [9.17, 15) is 9.90 Å². The number of carbonyl (C=O) groups excluding carboxylic acids is 1. The molecule has 0 aromatic heterocycles. The van der Waals surface area contributed by atoms with Gasteiger partial charge in [0.2, 0.25) is 0 Å². The van der Waals surface area contributed by atoms with Gasteiger partial charge in [-0.1, -0.05) is 60.7 Å². The molecule has 1 aliphatic carbocycles. The van der Waals surface area contributed by atoms with Crippen molar-refractivity contribution < 1.29 is 9.90 Å². The second kappa shape index (κ2) is 6.44. The monoisotopic (exact) mass is 290 g/mol. The van der Waals surface area contributed by atoms with Gasteiger partial charge in [0.1, 0.15) is 5.76 Å². The number of allylic oxidation sites excluding steroid dienone is 3. The molecule has 1 N–H and O–H groups in total. The van der Waals surface area contributed by atoms with Crippen molar-refractivity contribution in [3.8, 4) is 0 Å². The summed E-state index contributed by atoms with van der Waals surface area (Å²) in [6.45, 7) is 0. The van der Waals surface area contributed by atoms with Crippen molar-refractivity contribution >= 4 is 11.4 Å². The van der Waals surface area contributed by atoms with Gasteiger partial charge in [-0.25, -0.2) is 0 Å². The third kappa shape index (κ3) is 3.01. The summed E-state index contributed by atoms with van der Waals surface area (Å²) < 4.78 is 0. The van der Waals surface area contributed by atoms with E-state index in [1.165, 1.54) is 0 Å². The van der Waals surface area contributed by atoms with Crippen LogP contribution in [0.1, 0.15) is 30.4 Å². The topological polar surface area (TPSA) is 37.3 Å². The number of carbonyl (C=O) groups is 1. The Bertz CT molecular complexity index is 683. The van der Waals surface area contributed by atoms with Gasteiger partial charge in [-0.05, 0) is 29.2 Å². The lowest BCUT2D eigenvalue weighted by Gasteiger charge is -2.15. The summed E-state index contributed by atoms with van der Waals surface area (Å²) in [4.78, 5) is 12.1. The first-order valence-electron chi connectivity index (χ1n) is 7.53. The summed E-state index contributed by atoms with van der Waals surface area (Å²) in [7, 11) is 0. The Balaban J connectivity index is 2.14. The number of hydrogen-bond acceptors (Lipinski definition) is 2. The molecule has 2 heteroatoms. The fourth-order valence-electron chi connectivity index (χ4n) is 2.72. The zero-order valence-corrected chi connectivity index (χ0v) is 12.3. The highest BCUT2D eigenvalue weighted by Gasteiger charge is 2.19. The van der Waals surface area contributed by atoms with Gasteiger partial charge in [-0.3, -0.25) is 4.79 Å². The largest absolute Gasteiger partial charge is 0.512 e. The predicted octanol–water partition coefficient (Wildman–Crippen LogP) is 4.68. The van der Waals surface area contributed by atoms with Crippen molar-refractivity contribution in [1.82, 2.24) is 0 Å². The minimum atomic E-state index is 0.0214. The number of ketones is 1. The van der Waals surface area contributed by atoms with Crippen molar-refractivity contribution in [3.05, 3.63) is 89.2 Å². The SMILES string of the molecule is O=C1CCCC(O)=C1C=C(c1ccccc1)c1ccccc1. The number of Topliss-reactive ketones (excluding diaryl/α,β-unsaturated/α-hetero) is 1.